The van der Waals surface area contributed by atoms with E-state index in [1.165, 1.54) is 14.2 Å². The molecular formula is C19H22N6O4. The highest BCUT2D eigenvalue weighted by molar-refractivity contribution is 6.07. The predicted octanol–water partition coefficient (Wildman–Crippen LogP) is 1.16. The molecule has 6 N–H and O–H groups in total. The molecule has 10 nitrogen and oxygen atoms in total. The molecule has 1 aromatic heterocycles. The first-order chi connectivity index (χ1) is 13.7. The van der Waals surface area contributed by atoms with Crippen molar-refractivity contribution in [3.8, 4) is 11.1 Å². The Kier molecular flexibility index (Phi) is 6.50. The number of nitrogens with two attached hydrogens (primary N) is 3. The second-order valence-corrected chi connectivity index (χ2v) is 5.94. The van der Waals surface area contributed by atoms with Gasteiger partial charge in [0.25, 0.3) is 0 Å². The van der Waals surface area contributed by atoms with Gasteiger partial charge >= 0.3 is 11.9 Å². The predicted molar refractivity (Wildman–Crippen MR) is 109 cm³/mol. The summed E-state index contributed by atoms with van der Waals surface area (Å²) in [6, 6.07) is 6.62. The van der Waals surface area contributed by atoms with Crippen LogP contribution >= 0.6 is 0 Å². The minimum atomic E-state index is -0.616. The number of hydrogen-bond donors (Lipinski definition) is 3. The van der Waals surface area contributed by atoms with Gasteiger partial charge < -0.3 is 26.7 Å². The quantitative estimate of drug-likeness (QED) is 0.391. The summed E-state index contributed by atoms with van der Waals surface area (Å²) in [5, 5.41) is 0. The van der Waals surface area contributed by atoms with E-state index in [9.17, 15) is 9.59 Å². The van der Waals surface area contributed by atoms with E-state index in [4.69, 9.17) is 26.7 Å². The van der Waals surface area contributed by atoms with E-state index >= 15 is 0 Å². The fourth-order valence-corrected chi connectivity index (χ4v) is 2.83. The Balaban J connectivity index is 2.71. The molecule has 0 radical (unpaired) electrons. The van der Waals surface area contributed by atoms with Gasteiger partial charge in [0.2, 0.25) is 5.96 Å². The zero-order valence-electron chi connectivity index (χ0n) is 16.5. The number of aryl methyl sites for hydroxylation is 2. The summed E-state index contributed by atoms with van der Waals surface area (Å²) in [5.41, 5.74) is 18.8. The van der Waals surface area contributed by atoms with Gasteiger partial charge in [0.15, 0.2) is 5.96 Å². The van der Waals surface area contributed by atoms with Gasteiger partial charge in [0.1, 0.15) is 0 Å². The average molecular weight is 398 g/mol. The van der Waals surface area contributed by atoms with Crippen molar-refractivity contribution in [1.29, 1.82) is 0 Å². The first-order valence-corrected chi connectivity index (χ1v) is 8.41. The van der Waals surface area contributed by atoms with Gasteiger partial charge in [0.05, 0.1) is 42.4 Å². The lowest BCUT2D eigenvalue weighted by molar-refractivity contribution is 0.0599. The second-order valence-electron chi connectivity index (χ2n) is 5.94. The minimum absolute atomic E-state index is 0.112. The molecular weight excluding hydrogens is 376 g/mol. The Hall–Kier alpha value is -3.95. The van der Waals surface area contributed by atoms with Gasteiger partial charge in [-0.3, -0.25) is 4.98 Å². The van der Waals surface area contributed by atoms with Crippen LogP contribution in [-0.4, -0.2) is 43.1 Å². The average Bonchev–Trinajstić information content (AvgIpc) is 2.66. The SMILES string of the molecule is COC(=O)c1c(C)nc(C)c(C(=O)OC)c1-c1ccc(N=C(N)N=C(N)N)cc1. The Bertz CT molecular complexity index is 968. The first kappa shape index (κ1) is 21.4. The van der Waals surface area contributed by atoms with Crippen molar-refractivity contribution in [2.75, 3.05) is 14.2 Å². The van der Waals surface area contributed by atoms with Crippen LogP contribution in [0.3, 0.4) is 0 Å². The zero-order valence-corrected chi connectivity index (χ0v) is 16.5. The summed E-state index contributed by atoms with van der Waals surface area (Å²) >= 11 is 0. The monoisotopic (exact) mass is 398 g/mol. The van der Waals surface area contributed by atoms with Crippen LogP contribution < -0.4 is 17.2 Å². The van der Waals surface area contributed by atoms with Crippen LogP contribution in [0.15, 0.2) is 34.3 Å². The number of nitrogens with zero attached hydrogens (tertiary/aromatic N) is 3. The molecule has 2 aromatic rings. The maximum Gasteiger partial charge on any atom is 0.340 e. The molecule has 0 bridgehead atoms. The molecule has 0 saturated carbocycles. The van der Waals surface area contributed by atoms with Gasteiger partial charge in [-0.25, -0.2) is 14.6 Å². The Morgan fingerprint density at radius 3 is 1.79 bits per heavy atom. The van der Waals surface area contributed by atoms with Crippen molar-refractivity contribution in [2.24, 2.45) is 27.2 Å². The molecule has 0 aliphatic rings. The lowest BCUT2D eigenvalue weighted by atomic mass is 9.92. The third-order valence-electron chi connectivity index (χ3n) is 3.98. The topological polar surface area (TPSA) is 168 Å². The summed E-state index contributed by atoms with van der Waals surface area (Å²) < 4.78 is 9.79. The number of ether oxygens (including phenoxy) is 2. The number of hydrogen-bond acceptors (Lipinski definition) is 6. The van der Waals surface area contributed by atoms with Crippen LogP contribution in [0.2, 0.25) is 0 Å². The van der Waals surface area contributed by atoms with E-state index in [0.717, 1.165) is 0 Å². The third-order valence-corrected chi connectivity index (χ3v) is 3.98. The maximum atomic E-state index is 12.4. The highest BCUT2D eigenvalue weighted by Gasteiger charge is 2.27. The van der Waals surface area contributed by atoms with Gasteiger partial charge in [0, 0.05) is 5.56 Å². The van der Waals surface area contributed by atoms with Gasteiger partial charge in [-0.2, -0.15) is 4.99 Å². The molecule has 10 heteroatoms. The van der Waals surface area contributed by atoms with Crippen molar-refractivity contribution >= 4 is 29.5 Å². The fourth-order valence-electron chi connectivity index (χ4n) is 2.83. The lowest BCUT2D eigenvalue weighted by Crippen LogP contribution is -2.26. The number of rotatable bonds is 4. The van der Waals surface area contributed by atoms with Gasteiger partial charge in [-0.15, -0.1) is 0 Å². The summed E-state index contributed by atoms with van der Waals surface area (Å²) in [4.78, 5) is 36.9. The van der Waals surface area contributed by atoms with E-state index in [2.05, 4.69) is 15.0 Å². The van der Waals surface area contributed by atoms with E-state index in [0.29, 0.717) is 28.2 Å². The molecule has 0 aliphatic heterocycles. The van der Waals surface area contributed by atoms with Crippen molar-refractivity contribution in [3.05, 3.63) is 46.8 Å². The molecule has 0 aliphatic carbocycles. The smallest absolute Gasteiger partial charge is 0.340 e. The third kappa shape index (κ3) is 4.67. The molecule has 152 valence electrons. The van der Waals surface area contributed by atoms with Gasteiger partial charge in [-0.1, -0.05) is 12.1 Å². The molecule has 0 fully saturated rings. The normalized spacial score (nSPS) is 11.0. The molecule has 0 atom stereocenters. The first-order valence-electron chi connectivity index (χ1n) is 8.41. The standard InChI is InChI=1S/C19H22N6O4/c1-9-13(16(26)28-3)15(14(10(2)23-9)17(27)29-4)11-5-7-12(8-6-11)24-19(22)25-18(20)21/h5-8H,1-4H3,(H6,20,21,22,24,25). The minimum Gasteiger partial charge on any atom is -0.465 e. The molecule has 1 heterocycles. The van der Waals surface area contributed by atoms with Crippen molar-refractivity contribution < 1.29 is 19.1 Å². The summed E-state index contributed by atoms with van der Waals surface area (Å²) in [6.07, 6.45) is 0. The Labute approximate surface area is 167 Å². The maximum absolute atomic E-state index is 12.4. The van der Waals surface area contributed by atoms with Crippen molar-refractivity contribution in [3.63, 3.8) is 0 Å². The molecule has 2 rings (SSSR count). The van der Waals surface area contributed by atoms with E-state index in [-0.39, 0.29) is 23.0 Å². The second kappa shape index (κ2) is 8.83. The number of benzene rings is 1. The van der Waals surface area contributed by atoms with E-state index < -0.39 is 11.9 Å². The van der Waals surface area contributed by atoms with Crippen LogP contribution in [0.25, 0.3) is 11.1 Å². The summed E-state index contributed by atoms with van der Waals surface area (Å²) in [5.74, 6) is -1.56. The van der Waals surface area contributed by atoms with Crippen LogP contribution in [-0.2, 0) is 9.47 Å². The lowest BCUT2D eigenvalue weighted by Gasteiger charge is -2.17. The number of carbonyl (C=O) groups excluding carboxylic acids is 2. The number of esters is 2. The number of carbonyl (C=O) groups is 2. The molecule has 0 saturated heterocycles. The van der Waals surface area contributed by atoms with E-state index in [1.54, 1.807) is 38.1 Å². The Morgan fingerprint density at radius 2 is 1.38 bits per heavy atom. The summed E-state index contributed by atoms with van der Waals surface area (Å²) in [7, 11) is 2.51. The molecule has 0 amide bonds. The number of methoxy groups -OCH3 is 2. The largest absolute Gasteiger partial charge is 0.465 e. The fraction of sp³-hybridized carbons (Fsp3) is 0.211. The number of pyridine rings is 1. The van der Waals surface area contributed by atoms with E-state index in [1.807, 2.05) is 0 Å². The van der Waals surface area contributed by atoms with Gasteiger partial charge in [-0.05, 0) is 31.5 Å². The van der Waals surface area contributed by atoms with Crippen molar-refractivity contribution in [2.45, 2.75) is 13.8 Å². The summed E-state index contributed by atoms with van der Waals surface area (Å²) in [6.45, 7) is 3.33. The zero-order chi connectivity index (χ0) is 21.7. The van der Waals surface area contributed by atoms with Crippen LogP contribution in [0.1, 0.15) is 32.1 Å². The molecule has 0 spiro atoms. The highest BCUT2D eigenvalue weighted by atomic mass is 16.5. The molecule has 1 aromatic carbocycles. The number of aliphatic imine (C=N–C) groups is 2. The van der Waals surface area contributed by atoms with Crippen LogP contribution in [0.4, 0.5) is 5.69 Å². The number of aromatic nitrogens is 1. The Morgan fingerprint density at radius 1 is 0.897 bits per heavy atom. The van der Waals surface area contributed by atoms with Crippen molar-refractivity contribution in [1.82, 2.24) is 4.98 Å². The van der Waals surface area contributed by atoms with Crippen LogP contribution in [0, 0.1) is 13.8 Å². The number of guanidine groups is 2. The van der Waals surface area contributed by atoms with Crippen LogP contribution in [0.5, 0.6) is 0 Å². The molecule has 29 heavy (non-hydrogen) atoms. The highest BCUT2D eigenvalue weighted by Crippen LogP contribution is 2.33. The molecule has 0 unspecified atom stereocenters.